The molecular weight excluding hydrogens is 612 g/mol. The van der Waals surface area contributed by atoms with E-state index in [1.165, 1.54) is 51.4 Å². The van der Waals surface area contributed by atoms with Gasteiger partial charge in [-0.2, -0.15) is 0 Å². The van der Waals surface area contributed by atoms with Gasteiger partial charge in [0.1, 0.15) is 12.0 Å². The maximum absolute atomic E-state index is 12.4. The Kier molecular flexibility index (Phi) is 33.8. The highest BCUT2D eigenvalue weighted by Crippen LogP contribution is 2.19. The zero-order valence-corrected chi connectivity index (χ0v) is 31.3. The van der Waals surface area contributed by atoms with E-state index in [0.717, 1.165) is 64.2 Å². The summed E-state index contributed by atoms with van der Waals surface area (Å²) in [5.41, 5.74) is 0. The first kappa shape index (κ1) is 45.9. The third-order valence-corrected chi connectivity index (χ3v) is 8.15. The Bertz CT molecular complexity index is 986. The smallest absolute Gasteiger partial charge is 0.310 e. The van der Waals surface area contributed by atoms with Crippen LogP contribution >= 0.6 is 0 Å². The predicted octanol–water partition coefficient (Wildman–Crippen LogP) is 12.1. The molecule has 6 heteroatoms. The van der Waals surface area contributed by atoms with Crippen molar-refractivity contribution in [3.8, 4) is 0 Å². The van der Waals surface area contributed by atoms with Crippen molar-refractivity contribution in [3.63, 3.8) is 0 Å². The number of carboxylic acid groups (broad SMARTS) is 1. The fraction of sp³-hybridized carbons (Fsp3) is 0.651. The fourth-order valence-electron chi connectivity index (χ4n) is 5.13. The van der Waals surface area contributed by atoms with Gasteiger partial charge in [-0.25, -0.2) is 0 Å². The van der Waals surface area contributed by atoms with Crippen molar-refractivity contribution in [2.75, 3.05) is 6.61 Å². The molecule has 49 heavy (non-hydrogen) atoms. The van der Waals surface area contributed by atoms with Gasteiger partial charge in [-0.15, -0.1) is 0 Å². The molecule has 0 amide bonds. The lowest BCUT2D eigenvalue weighted by Gasteiger charge is -2.22. The number of ether oxygens (including phenoxy) is 2. The highest BCUT2D eigenvalue weighted by molar-refractivity contribution is 5.80. The molecule has 0 aromatic carbocycles. The van der Waals surface area contributed by atoms with Crippen molar-refractivity contribution >= 4 is 17.9 Å². The fourth-order valence-corrected chi connectivity index (χ4v) is 5.13. The second-order valence-corrected chi connectivity index (χ2v) is 12.7. The average molecular weight is 683 g/mol. The molecule has 6 nitrogen and oxygen atoms in total. The highest BCUT2D eigenvalue weighted by Gasteiger charge is 2.32. The van der Waals surface area contributed by atoms with E-state index in [9.17, 15) is 19.5 Å². The van der Waals surface area contributed by atoms with Crippen LogP contribution < -0.4 is 0 Å². The second-order valence-electron chi connectivity index (χ2n) is 12.7. The molecular formula is C43H70O6. The Hall–Kier alpha value is -3.15. The quantitative estimate of drug-likeness (QED) is 0.0421. The zero-order chi connectivity index (χ0) is 36.0. The first-order valence-electron chi connectivity index (χ1n) is 19.4. The summed E-state index contributed by atoms with van der Waals surface area (Å²) in [5, 5.41) is 9.75. The number of allylic oxidation sites excluding steroid dienone is 12. The number of esters is 2. The number of hydrogen-bond donors (Lipinski definition) is 1. The molecule has 0 aromatic rings. The Morgan fingerprint density at radius 1 is 0.531 bits per heavy atom. The van der Waals surface area contributed by atoms with Crippen LogP contribution in [0.4, 0.5) is 0 Å². The molecule has 0 rings (SSSR count). The molecule has 0 heterocycles. The molecule has 0 aliphatic rings. The third kappa shape index (κ3) is 31.8. The highest BCUT2D eigenvalue weighted by atomic mass is 16.5. The van der Waals surface area contributed by atoms with Gasteiger partial charge < -0.3 is 14.6 Å². The van der Waals surface area contributed by atoms with Gasteiger partial charge in [-0.1, -0.05) is 119 Å². The number of carbonyl (C=O) groups is 3. The molecule has 0 radical (unpaired) electrons. The molecule has 0 spiro atoms. The summed E-state index contributed by atoms with van der Waals surface area (Å²) in [4.78, 5) is 36.8. The average Bonchev–Trinajstić information content (AvgIpc) is 3.09. The third-order valence-electron chi connectivity index (χ3n) is 8.15. The van der Waals surface area contributed by atoms with Crippen LogP contribution in [0.1, 0.15) is 162 Å². The van der Waals surface area contributed by atoms with Gasteiger partial charge >= 0.3 is 17.9 Å². The van der Waals surface area contributed by atoms with E-state index < -0.39 is 29.9 Å². The van der Waals surface area contributed by atoms with Crippen molar-refractivity contribution in [2.24, 2.45) is 5.92 Å². The molecule has 0 saturated heterocycles. The zero-order valence-electron chi connectivity index (χ0n) is 31.3. The second kappa shape index (κ2) is 36.1. The summed E-state index contributed by atoms with van der Waals surface area (Å²) >= 11 is 0. The molecule has 2 unspecified atom stereocenters. The molecule has 0 fully saturated rings. The summed E-state index contributed by atoms with van der Waals surface area (Å²) in [5.74, 6) is -3.25. The molecule has 278 valence electrons. The number of hydrogen-bond acceptors (Lipinski definition) is 5. The number of unbranched alkanes of at least 4 members (excludes halogenated alkanes) is 11. The minimum absolute atomic E-state index is 0.231. The molecule has 1 N–H and O–H groups in total. The number of carboxylic acids is 1. The largest absolute Gasteiger partial charge is 0.481 e. The lowest BCUT2D eigenvalue weighted by atomic mass is 9.96. The molecule has 2 atom stereocenters. The Balaban J connectivity index is 4.08. The van der Waals surface area contributed by atoms with Crippen LogP contribution in [0.25, 0.3) is 0 Å². The van der Waals surface area contributed by atoms with E-state index in [4.69, 9.17) is 9.47 Å². The first-order chi connectivity index (χ1) is 24.0. The Labute approximate surface area is 299 Å². The number of rotatable bonds is 33. The van der Waals surface area contributed by atoms with Gasteiger partial charge in [-0.3, -0.25) is 14.4 Å². The summed E-state index contributed by atoms with van der Waals surface area (Å²) in [6.07, 6.45) is 45.6. The summed E-state index contributed by atoms with van der Waals surface area (Å²) < 4.78 is 10.8. The molecule has 0 aromatic heterocycles. The van der Waals surface area contributed by atoms with E-state index in [-0.39, 0.29) is 19.4 Å². The van der Waals surface area contributed by atoms with Crippen molar-refractivity contribution < 1.29 is 29.0 Å². The van der Waals surface area contributed by atoms with Gasteiger partial charge in [0, 0.05) is 6.42 Å². The van der Waals surface area contributed by atoms with Crippen molar-refractivity contribution in [1.29, 1.82) is 0 Å². The van der Waals surface area contributed by atoms with Gasteiger partial charge in [0.25, 0.3) is 0 Å². The van der Waals surface area contributed by atoms with Gasteiger partial charge in [0.2, 0.25) is 0 Å². The number of carbonyl (C=O) groups excluding carboxylic acids is 2. The standard InChI is InChI=1S/C43H70O6/c1-4-7-9-11-13-15-17-19-21-23-25-27-29-31-33-35-37-48-42(45)38-39(43(46)47)40(6-3)49-41(44)36-34-32-30-28-26-24-22-20-18-16-14-12-10-8-5-2/h13-16,19-22,25-28,39-40H,4-12,17-18,23-24,29-38H2,1-3H3,(H,46,47)/b15-13-,16-14-,21-19-,22-20-,27-25-,28-26-. The minimum atomic E-state index is -1.15. The molecule has 0 bridgehead atoms. The lowest BCUT2D eigenvalue weighted by molar-refractivity contribution is -0.164. The van der Waals surface area contributed by atoms with Gasteiger partial charge in [0.05, 0.1) is 13.0 Å². The molecule has 0 aliphatic carbocycles. The van der Waals surface area contributed by atoms with E-state index in [0.29, 0.717) is 12.8 Å². The van der Waals surface area contributed by atoms with Crippen LogP contribution in [0.2, 0.25) is 0 Å². The predicted molar refractivity (Wildman–Crippen MR) is 205 cm³/mol. The minimum Gasteiger partial charge on any atom is -0.481 e. The van der Waals surface area contributed by atoms with Crippen LogP contribution in [0.5, 0.6) is 0 Å². The molecule has 0 aliphatic heterocycles. The van der Waals surface area contributed by atoms with E-state index in [2.05, 4.69) is 86.8 Å². The van der Waals surface area contributed by atoms with Crippen molar-refractivity contribution in [2.45, 2.75) is 168 Å². The summed E-state index contributed by atoms with van der Waals surface area (Å²) in [6, 6.07) is 0. The van der Waals surface area contributed by atoms with Gasteiger partial charge in [-0.05, 0) is 103 Å². The van der Waals surface area contributed by atoms with Crippen molar-refractivity contribution in [3.05, 3.63) is 72.9 Å². The normalized spacial score (nSPS) is 13.5. The van der Waals surface area contributed by atoms with Crippen molar-refractivity contribution in [1.82, 2.24) is 0 Å². The molecule has 0 saturated carbocycles. The first-order valence-corrected chi connectivity index (χ1v) is 19.4. The van der Waals surface area contributed by atoms with E-state index >= 15 is 0 Å². The van der Waals surface area contributed by atoms with Gasteiger partial charge in [0.15, 0.2) is 0 Å². The Morgan fingerprint density at radius 3 is 1.39 bits per heavy atom. The Morgan fingerprint density at radius 2 is 0.959 bits per heavy atom. The maximum Gasteiger partial charge on any atom is 0.310 e. The summed E-state index contributed by atoms with van der Waals surface area (Å²) in [6.45, 7) is 6.47. The number of aliphatic carboxylic acids is 1. The van der Waals surface area contributed by atoms with Crippen LogP contribution in [0, 0.1) is 5.92 Å². The van der Waals surface area contributed by atoms with Crippen LogP contribution in [0.15, 0.2) is 72.9 Å². The monoisotopic (exact) mass is 683 g/mol. The van der Waals surface area contributed by atoms with E-state index in [1.807, 2.05) is 0 Å². The van der Waals surface area contributed by atoms with Crippen LogP contribution in [-0.2, 0) is 23.9 Å². The maximum atomic E-state index is 12.4. The summed E-state index contributed by atoms with van der Waals surface area (Å²) in [7, 11) is 0. The SMILES string of the molecule is CCCCC/C=C\C/C=C\C/C=C\CCCCCOC(=O)CC(C(=O)O)C(CC)OC(=O)CCCC/C=C\C/C=C\C/C=C\CCCCC. The van der Waals surface area contributed by atoms with E-state index in [1.54, 1.807) is 6.92 Å². The topological polar surface area (TPSA) is 89.9 Å². The van der Waals surface area contributed by atoms with Crippen LogP contribution in [0.3, 0.4) is 0 Å². The van der Waals surface area contributed by atoms with Crippen LogP contribution in [-0.4, -0.2) is 35.7 Å². The lowest BCUT2D eigenvalue weighted by Crippen LogP contribution is -2.34.